The van der Waals surface area contributed by atoms with Crippen LogP contribution in [0, 0.1) is 0 Å². The molecule has 0 fully saturated rings. The van der Waals surface area contributed by atoms with E-state index in [1.807, 2.05) is 36.1 Å². The van der Waals surface area contributed by atoms with Crippen LogP contribution in [-0.2, 0) is 0 Å². The zero-order valence-electron chi connectivity index (χ0n) is 13.3. The van der Waals surface area contributed by atoms with E-state index in [0.29, 0.717) is 17.9 Å². The van der Waals surface area contributed by atoms with Gasteiger partial charge in [-0.1, -0.05) is 26.0 Å². The topological polar surface area (TPSA) is 29.5 Å². The third kappa shape index (κ3) is 3.75. The van der Waals surface area contributed by atoms with Crippen LogP contribution in [0.2, 0.25) is 0 Å². The average molecular weight is 277 g/mol. The van der Waals surface area contributed by atoms with Crippen LogP contribution in [0.25, 0.3) is 0 Å². The van der Waals surface area contributed by atoms with Gasteiger partial charge in [-0.15, -0.1) is 0 Å². The van der Waals surface area contributed by atoms with Crippen molar-refractivity contribution in [1.29, 1.82) is 0 Å². The number of para-hydroxylation sites is 1. The van der Waals surface area contributed by atoms with Crippen molar-refractivity contribution >= 4 is 5.91 Å². The van der Waals surface area contributed by atoms with Crippen LogP contribution in [0.4, 0.5) is 0 Å². The van der Waals surface area contributed by atoms with Crippen LogP contribution in [0.15, 0.2) is 24.3 Å². The van der Waals surface area contributed by atoms with E-state index < -0.39 is 0 Å². The quantitative estimate of drug-likeness (QED) is 0.750. The normalized spacial score (nSPS) is 13.7. The summed E-state index contributed by atoms with van der Waals surface area (Å²) in [7, 11) is 0. The molecule has 0 saturated heterocycles. The molecule has 0 aliphatic rings. The first-order valence-corrected chi connectivity index (χ1v) is 7.61. The van der Waals surface area contributed by atoms with Crippen molar-refractivity contribution in [2.24, 2.45) is 0 Å². The molecule has 0 aliphatic heterocycles. The molecule has 0 radical (unpaired) electrons. The third-order valence-corrected chi connectivity index (χ3v) is 3.78. The highest BCUT2D eigenvalue weighted by atomic mass is 16.5. The molecule has 0 saturated carbocycles. The van der Waals surface area contributed by atoms with Gasteiger partial charge in [0.2, 0.25) is 0 Å². The van der Waals surface area contributed by atoms with Gasteiger partial charge in [0.05, 0.1) is 12.2 Å². The van der Waals surface area contributed by atoms with Gasteiger partial charge in [-0.25, -0.2) is 0 Å². The molecule has 3 nitrogen and oxygen atoms in total. The minimum absolute atomic E-state index is 0.0674. The standard InChI is InChI=1S/C17H27NO2/c1-6-13(4)18(14(5)7-2)17(19)15-11-9-10-12-16(15)20-8-3/h9-14H,6-8H2,1-5H3/t13-,14+. The Kier molecular flexibility index (Phi) is 6.56. The lowest BCUT2D eigenvalue weighted by molar-refractivity contribution is 0.0594. The Morgan fingerprint density at radius 3 is 2.15 bits per heavy atom. The summed E-state index contributed by atoms with van der Waals surface area (Å²) in [4.78, 5) is 14.9. The fourth-order valence-electron chi connectivity index (χ4n) is 2.29. The van der Waals surface area contributed by atoms with Gasteiger partial charge in [-0.2, -0.15) is 0 Å². The second-order valence-electron chi connectivity index (χ2n) is 5.16. The molecule has 1 rings (SSSR count). The van der Waals surface area contributed by atoms with Crippen molar-refractivity contribution in [3.05, 3.63) is 29.8 Å². The minimum Gasteiger partial charge on any atom is -0.493 e. The number of carbonyl (C=O) groups excluding carboxylic acids is 1. The van der Waals surface area contributed by atoms with Gasteiger partial charge < -0.3 is 9.64 Å². The number of amides is 1. The van der Waals surface area contributed by atoms with E-state index in [9.17, 15) is 4.79 Å². The Balaban J connectivity index is 3.12. The first-order chi connectivity index (χ1) is 9.56. The number of ether oxygens (including phenoxy) is 1. The Hall–Kier alpha value is -1.51. The molecular weight excluding hydrogens is 250 g/mol. The van der Waals surface area contributed by atoms with E-state index >= 15 is 0 Å². The van der Waals surface area contributed by atoms with Gasteiger partial charge in [0.25, 0.3) is 5.91 Å². The largest absolute Gasteiger partial charge is 0.493 e. The van der Waals surface area contributed by atoms with Crippen LogP contribution in [0.3, 0.4) is 0 Å². The Morgan fingerprint density at radius 1 is 1.10 bits per heavy atom. The maximum atomic E-state index is 12.9. The van der Waals surface area contributed by atoms with Crippen LogP contribution in [0.5, 0.6) is 5.75 Å². The van der Waals surface area contributed by atoms with Crippen LogP contribution in [-0.4, -0.2) is 29.5 Å². The van der Waals surface area contributed by atoms with E-state index in [0.717, 1.165) is 12.8 Å². The molecule has 0 N–H and O–H groups in total. The lowest BCUT2D eigenvalue weighted by atomic mass is 10.1. The number of nitrogens with zero attached hydrogens (tertiary/aromatic N) is 1. The van der Waals surface area contributed by atoms with E-state index in [1.54, 1.807) is 0 Å². The number of carbonyl (C=O) groups is 1. The van der Waals surface area contributed by atoms with E-state index in [4.69, 9.17) is 4.74 Å². The molecule has 1 aromatic carbocycles. The zero-order chi connectivity index (χ0) is 15.1. The monoisotopic (exact) mass is 277 g/mol. The molecule has 20 heavy (non-hydrogen) atoms. The Labute approximate surface area is 122 Å². The highest BCUT2D eigenvalue weighted by molar-refractivity contribution is 5.97. The SMILES string of the molecule is CCOc1ccccc1C(=O)N([C@H](C)CC)[C@@H](C)CC. The number of rotatable bonds is 7. The summed E-state index contributed by atoms with van der Waals surface area (Å²) in [6.45, 7) is 10.9. The molecule has 112 valence electrons. The molecule has 1 amide bonds. The maximum absolute atomic E-state index is 12.9. The predicted octanol–water partition coefficient (Wildman–Crippen LogP) is 4.12. The molecular formula is C17H27NO2. The van der Waals surface area contributed by atoms with Gasteiger partial charge in [-0.05, 0) is 45.7 Å². The van der Waals surface area contributed by atoms with Gasteiger partial charge in [-0.3, -0.25) is 4.79 Å². The summed E-state index contributed by atoms with van der Waals surface area (Å²) < 4.78 is 5.59. The third-order valence-electron chi connectivity index (χ3n) is 3.78. The lowest BCUT2D eigenvalue weighted by Gasteiger charge is -2.34. The lowest BCUT2D eigenvalue weighted by Crippen LogP contribution is -2.44. The van der Waals surface area contributed by atoms with E-state index in [1.165, 1.54) is 0 Å². The molecule has 0 unspecified atom stereocenters. The summed E-state index contributed by atoms with van der Waals surface area (Å²) in [5, 5.41) is 0. The predicted molar refractivity (Wildman–Crippen MR) is 83.3 cm³/mol. The van der Waals surface area contributed by atoms with Crippen LogP contribution in [0.1, 0.15) is 57.8 Å². The first kappa shape index (κ1) is 16.5. The highest BCUT2D eigenvalue weighted by Gasteiger charge is 2.26. The molecule has 0 bridgehead atoms. The summed E-state index contributed by atoms with van der Waals surface area (Å²) in [5.41, 5.74) is 0.662. The van der Waals surface area contributed by atoms with Gasteiger partial charge in [0, 0.05) is 12.1 Å². The summed E-state index contributed by atoms with van der Waals surface area (Å²) in [6, 6.07) is 7.96. The van der Waals surface area contributed by atoms with E-state index in [2.05, 4.69) is 27.7 Å². The number of hydrogen-bond acceptors (Lipinski definition) is 2. The maximum Gasteiger partial charge on any atom is 0.258 e. The average Bonchev–Trinajstić information content (AvgIpc) is 2.47. The summed E-state index contributed by atoms with van der Waals surface area (Å²) >= 11 is 0. The van der Waals surface area contributed by atoms with Crippen LogP contribution < -0.4 is 4.74 Å². The molecule has 2 atom stereocenters. The van der Waals surface area contributed by atoms with Crippen molar-refractivity contribution < 1.29 is 9.53 Å². The highest BCUT2D eigenvalue weighted by Crippen LogP contribution is 2.23. The minimum atomic E-state index is 0.0674. The van der Waals surface area contributed by atoms with Gasteiger partial charge in [0.1, 0.15) is 5.75 Å². The van der Waals surface area contributed by atoms with Crippen molar-refractivity contribution in [1.82, 2.24) is 4.90 Å². The summed E-state index contributed by atoms with van der Waals surface area (Å²) in [6.07, 6.45) is 1.90. The van der Waals surface area contributed by atoms with Crippen molar-refractivity contribution in [2.45, 2.75) is 59.5 Å². The Bertz CT molecular complexity index is 421. The van der Waals surface area contributed by atoms with Gasteiger partial charge >= 0.3 is 0 Å². The van der Waals surface area contributed by atoms with Crippen molar-refractivity contribution in [2.75, 3.05) is 6.61 Å². The first-order valence-electron chi connectivity index (χ1n) is 7.61. The zero-order valence-corrected chi connectivity index (χ0v) is 13.3. The van der Waals surface area contributed by atoms with Crippen molar-refractivity contribution in [3.63, 3.8) is 0 Å². The molecule has 3 heteroatoms. The smallest absolute Gasteiger partial charge is 0.258 e. The molecule has 1 aromatic rings. The Morgan fingerprint density at radius 2 is 1.65 bits per heavy atom. The van der Waals surface area contributed by atoms with Crippen LogP contribution >= 0.6 is 0 Å². The fraction of sp³-hybridized carbons (Fsp3) is 0.588. The van der Waals surface area contributed by atoms with E-state index in [-0.39, 0.29) is 18.0 Å². The number of hydrogen-bond donors (Lipinski definition) is 0. The number of benzene rings is 1. The molecule has 0 heterocycles. The molecule has 0 spiro atoms. The van der Waals surface area contributed by atoms with Crippen molar-refractivity contribution in [3.8, 4) is 5.75 Å². The second-order valence-corrected chi connectivity index (χ2v) is 5.16. The molecule has 0 aromatic heterocycles. The second kappa shape index (κ2) is 7.93. The fourth-order valence-corrected chi connectivity index (χ4v) is 2.29. The molecule has 0 aliphatic carbocycles. The summed E-state index contributed by atoms with van der Waals surface area (Å²) in [5.74, 6) is 0.745. The van der Waals surface area contributed by atoms with Gasteiger partial charge in [0.15, 0.2) is 0 Å².